The van der Waals surface area contributed by atoms with Crippen LogP contribution in [0.2, 0.25) is 0 Å². The molecule has 150 valence electrons. The monoisotopic (exact) mass is 392 g/mol. The van der Waals surface area contributed by atoms with Crippen molar-refractivity contribution < 1.29 is 22.8 Å². The third-order valence-electron chi connectivity index (χ3n) is 4.06. The molecule has 0 aromatic heterocycles. The van der Waals surface area contributed by atoms with Crippen LogP contribution in [0.15, 0.2) is 54.6 Å². The molecule has 0 spiro atoms. The van der Waals surface area contributed by atoms with Crippen LogP contribution in [0.3, 0.4) is 0 Å². The Morgan fingerprint density at radius 3 is 1.93 bits per heavy atom. The molecule has 0 aliphatic rings. The van der Waals surface area contributed by atoms with E-state index in [1.54, 1.807) is 58.0 Å². The highest BCUT2D eigenvalue weighted by Gasteiger charge is 2.37. The van der Waals surface area contributed by atoms with Gasteiger partial charge >= 0.3 is 6.18 Å². The standard InChI is InChI=1S/C21H23F3N2O2/c1-5-25(18(27)15-10-7-6-8-11-15)26(20(2,3)4)19(28)16-12-9-13-17(14-16)21(22,23)24/h6-14H,5H2,1-4H3. The number of benzene rings is 2. The Hall–Kier alpha value is -2.83. The van der Waals surface area contributed by atoms with Gasteiger partial charge in [0.05, 0.1) is 11.1 Å². The molecule has 0 aliphatic heterocycles. The van der Waals surface area contributed by atoms with Crippen molar-refractivity contribution in [3.8, 4) is 0 Å². The molecule has 0 unspecified atom stereocenters. The molecule has 0 fully saturated rings. The van der Waals surface area contributed by atoms with Crippen molar-refractivity contribution in [1.82, 2.24) is 10.0 Å². The van der Waals surface area contributed by atoms with Crippen LogP contribution in [0.25, 0.3) is 0 Å². The van der Waals surface area contributed by atoms with Gasteiger partial charge in [0.25, 0.3) is 11.8 Å². The van der Waals surface area contributed by atoms with Gasteiger partial charge in [-0.2, -0.15) is 13.2 Å². The molecule has 0 bridgehead atoms. The van der Waals surface area contributed by atoms with E-state index in [9.17, 15) is 22.8 Å². The summed E-state index contributed by atoms with van der Waals surface area (Å²) in [4.78, 5) is 26.1. The van der Waals surface area contributed by atoms with Crippen LogP contribution in [-0.2, 0) is 6.18 Å². The normalized spacial score (nSPS) is 11.8. The Balaban J connectivity index is 2.48. The van der Waals surface area contributed by atoms with Crippen LogP contribution < -0.4 is 0 Å². The van der Waals surface area contributed by atoms with Crippen LogP contribution in [-0.4, -0.2) is 33.9 Å². The first kappa shape index (κ1) is 21.5. The largest absolute Gasteiger partial charge is 0.416 e. The number of rotatable bonds is 3. The lowest BCUT2D eigenvalue weighted by molar-refractivity contribution is -0.137. The lowest BCUT2D eigenvalue weighted by atomic mass is 10.0. The zero-order valence-electron chi connectivity index (χ0n) is 16.2. The third-order valence-corrected chi connectivity index (χ3v) is 4.06. The molecular formula is C21H23F3N2O2. The highest BCUT2D eigenvalue weighted by atomic mass is 19.4. The van der Waals surface area contributed by atoms with E-state index in [0.717, 1.165) is 12.1 Å². The second-order valence-electron chi connectivity index (χ2n) is 7.25. The lowest BCUT2D eigenvalue weighted by Gasteiger charge is -2.43. The van der Waals surface area contributed by atoms with Gasteiger partial charge in [-0.25, -0.2) is 10.0 Å². The first-order valence-corrected chi connectivity index (χ1v) is 8.85. The van der Waals surface area contributed by atoms with Gasteiger partial charge in [-0.3, -0.25) is 9.59 Å². The van der Waals surface area contributed by atoms with Gasteiger partial charge in [-0.1, -0.05) is 24.3 Å². The molecule has 7 heteroatoms. The third kappa shape index (κ3) is 4.71. The topological polar surface area (TPSA) is 40.6 Å². The van der Waals surface area contributed by atoms with Gasteiger partial charge in [0, 0.05) is 17.7 Å². The van der Waals surface area contributed by atoms with E-state index in [1.807, 2.05) is 0 Å². The summed E-state index contributed by atoms with van der Waals surface area (Å²) in [7, 11) is 0. The molecule has 4 nitrogen and oxygen atoms in total. The molecule has 28 heavy (non-hydrogen) atoms. The van der Waals surface area contributed by atoms with Crippen LogP contribution in [0.1, 0.15) is 54.0 Å². The second kappa shape index (κ2) is 8.04. The summed E-state index contributed by atoms with van der Waals surface area (Å²) in [6.07, 6.45) is -4.56. The van der Waals surface area contributed by atoms with Gasteiger partial charge < -0.3 is 0 Å². The summed E-state index contributed by atoms with van der Waals surface area (Å²) in [5.41, 5.74) is -1.50. The van der Waals surface area contributed by atoms with E-state index in [0.29, 0.717) is 5.56 Å². The number of hydrogen-bond donors (Lipinski definition) is 0. The molecule has 0 atom stereocenters. The number of nitrogens with zero attached hydrogens (tertiary/aromatic N) is 2. The molecule has 0 saturated heterocycles. The Kier molecular flexibility index (Phi) is 6.17. The van der Waals surface area contributed by atoms with Crippen molar-refractivity contribution in [1.29, 1.82) is 0 Å². The SMILES string of the molecule is CCN(C(=O)c1ccccc1)N(C(=O)c1cccc(C(F)(F)F)c1)C(C)(C)C. The molecule has 2 aromatic carbocycles. The highest BCUT2D eigenvalue weighted by molar-refractivity contribution is 5.99. The average molecular weight is 392 g/mol. The Bertz CT molecular complexity index is 843. The fourth-order valence-corrected chi connectivity index (χ4v) is 2.83. The average Bonchev–Trinajstić information content (AvgIpc) is 2.64. The molecule has 0 radical (unpaired) electrons. The molecule has 2 rings (SSSR count). The van der Waals surface area contributed by atoms with Crippen molar-refractivity contribution in [2.75, 3.05) is 6.54 Å². The van der Waals surface area contributed by atoms with Crippen molar-refractivity contribution in [2.24, 2.45) is 0 Å². The molecule has 2 aromatic rings. The van der Waals surface area contributed by atoms with Crippen LogP contribution >= 0.6 is 0 Å². The molecular weight excluding hydrogens is 369 g/mol. The number of amides is 2. The lowest BCUT2D eigenvalue weighted by Crippen LogP contribution is -2.58. The van der Waals surface area contributed by atoms with Gasteiger partial charge in [0.1, 0.15) is 0 Å². The molecule has 0 saturated carbocycles. The number of alkyl halides is 3. The van der Waals surface area contributed by atoms with Crippen molar-refractivity contribution >= 4 is 11.8 Å². The van der Waals surface area contributed by atoms with E-state index in [2.05, 4.69) is 0 Å². The van der Waals surface area contributed by atoms with Gasteiger partial charge in [-0.15, -0.1) is 0 Å². The first-order valence-electron chi connectivity index (χ1n) is 8.85. The quantitative estimate of drug-likeness (QED) is 0.688. The molecule has 0 aliphatic carbocycles. The smallest absolute Gasteiger partial charge is 0.267 e. The molecule has 0 N–H and O–H groups in total. The van der Waals surface area contributed by atoms with Crippen LogP contribution in [0.5, 0.6) is 0 Å². The molecule has 2 amide bonds. The fourth-order valence-electron chi connectivity index (χ4n) is 2.83. The summed E-state index contributed by atoms with van der Waals surface area (Å²) in [6, 6.07) is 12.6. The second-order valence-corrected chi connectivity index (χ2v) is 7.25. The minimum absolute atomic E-state index is 0.135. The highest BCUT2D eigenvalue weighted by Crippen LogP contribution is 2.30. The van der Waals surface area contributed by atoms with E-state index in [1.165, 1.54) is 22.2 Å². The number of hydrazine groups is 1. The zero-order valence-corrected chi connectivity index (χ0v) is 16.2. The van der Waals surface area contributed by atoms with E-state index in [4.69, 9.17) is 0 Å². The summed E-state index contributed by atoms with van der Waals surface area (Å²) in [6.45, 7) is 7.05. The van der Waals surface area contributed by atoms with Crippen LogP contribution in [0, 0.1) is 0 Å². The zero-order chi connectivity index (χ0) is 21.1. The number of hydrogen-bond acceptors (Lipinski definition) is 2. The minimum Gasteiger partial charge on any atom is -0.267 e. The maximum atomic E-state index is 13.2. The van der Waals surface area contributed by atoms with Crippen molar-refractivity contribution in [3.05, 3.63) is 71.3 Å². The van der Waals surface area contributed by atoms with Crippen molar-refractivity contribution in [2.45, 2.75) is 39.4 Å². The van der Waals surface area contributed by atoms with Gasteiger partial charge in [0.15, 0.2) is 0 Å². The van der Waals surface area contributed by atoms with E-state index < -0.39 is 29.1 Å². The number of carbonyl (C=O) groups excluding carboxylic acids is 2. The summed E-state index contributed by atoms with van der Waals surface area (Å²) in [5, 5.41) is 2.48. The first-order chi connectivity index (χ1) is 13.0. The maximum absolute atomic E-state index is 13.2. The summed E-state index contributed by atoms with van der Waals surface area (Å²) in [5.74, 6) is -1.08. The summed E-state index contributed by atoms with van der Waals surface area (Å²) >= 11 is 0. The fraction of sp³-hybridized carbons (Fsp3) is 0.333. The minimum atomic E-state index is -4.56. The van der Waals surface area contributed by atoms with E-state index >= 15 is 0 Å². The Morgan fingerprint density at radius 1 is 0.857 bits per heavy atom. The van der Waals surface area contributed by atoms with Crippen LogP contribution in [0.4, 0.5) is 13.2 Å². The van der Waals surface area contributed by atoms with Gasteiger partial charge in [0.2, 0.25) is 0 Å². The maximum Gasteiger partial charge on any atom is 0.416 e. The predicted molar refractivity (Wildman–Crippen MR) is 101 cm³/mol. The summed E-state index contributed by atoms with van der Waals surface area (Å²) < 4.78 is 39.2. The van der Waals surface area contributed by atoms with Gasteiger partial charge in [-0.05, 0) is 58.0 Å². The predicted octanol–water partition coefficient (Wildman–Crippen LogP) is 5.02. The Labute approximate surface area is 162 Å². The van der Waals surface area contributed by atoms with Crippen molar-refractivity contribution in [3.63, 3.8) is 0 Å². The number of halogens is 3. The Morgan fingerprint density at radius 2 is 1.43 bits per heavy atom. The van der Waals surface area contributed by atoms with E-state index in [-0.39, 0.29) is 12.1 Å². The number of carbonyl (C=O) groups is 2. The molecule has 0 heterocycles.